The van der Waals surface area contributed by atoms with Crippen LogP contribution in [0.2, 0.25) is 0 Å². The standard InChI is InChI=1S/C19H30N4O4/c1-3-26-19(25)23-11-9-22(10-12-23)15-5-4-8-21(13-15)14-16-6-7-17(27-16)18(24)20-2/h6-7,15H,3-5,8-14H2,1-2H3,(H,20,24). The summed E-state index contributed by atoms with van der Waals surface area (Å²) in [6, 6.07) is 4.10. The summed E-state index contributed by atoms with van der Waals surface area (Å²) in [4.78, 5) is 30.1. The number of piperazine rings is 1. The van der Waals surface area contributed by atoms with Gasteiger partial charge < -0.3 is 19.4 Å². The number of ether oxygens (including phenoxy) is 1. The Morgan fingerprint density at radius 3 is 2.70 bits per heavy atom. The monoisotopic (exact) mass is 378 g/mol. The molecule has 0 spiro atoms. The molecule has 8 heteroatoms. The molecule has 0 aromatic carbocycles. The van der Waals surface area contributed by atoms with Crippen LogP contribution >= 0.6 is 0 Å². The van der Waals surface area contributed by atoms with Crippen molar-refractivity contribution in [1.29, 1.82) is 0 Å². The average molecular weight is 378 g/mol. The molecule has 1 N–H and O–H groups in total. The number of nitrogens with zero attached hydrogens (tertiary/aromatic N) is 3. The maximum absolute atomic E-state index is 11.8. The molecule has 150 valence electrons. The van der Waals surface area contributed by atoms with Crippen molar-refractivity contribution in [2.45, 2.75) is 32.4 Å². The molecule has 0 bridgehead atoms. The topological polar surface area (TPSA) is 78.3 Å². The molecule has 3 rings (SSSR count). The molecule has 8 nitrogen and oxygen atoms in total. The van der Waals surface area contributed by atoms with E-state index in [1.54, 1.807) is 18.0 Å². The Kier molecular flexibility index (Phi) is 6.73. The fourth-order valence-corrected chi connectivity index (χ4v) is 3.89. The first-order valence-corrected chi connectivity index (χ1v) is 9.79. The number of likely N-dealkylation sites (tertiary alicyclic amines) is 1. The number of hydrogen-bond donors (Lipinski definition) is 1. The van der Waals surface area contributed by atoms with Gasteiger partial charge >= 0.3 is 6.09 Å². The van der Waals surface area contributed by atoms with E-state index in [2.05, 4.69) is 15.1 Å². The van der Waals surface area contributed by atoms with Crippen molar-refractivity contribution in [1.82, 2.24) is 20.0 Å². The highest BCUT2D eigenvalue weighted by atomic mass is 16.6. The predicted molar refractivity (Wildman–Crippen MR) is 101 cm³/mol. The van der Waals surface area contributed by atoms with E-state index >= 15 is 0 Å². The van der Waals surface area contributed by atoms with E-state index in [-0.39, 0.29) is 12.0 Å². The Morgan fingerprint density at radius 1 is 1.22 bits per heavy atom. The van der Waals surface area contributed by atoms with Gasteiger partial charge in [0.05, 0.1) is 13.2 Å². The minimum Gasteiger partial charge on any atom is -0.455 e. The highest BCUT2D eigenvalue weighted by Crippen LogP contribution is 2.20. The lowest BCUT2D eigenvalue weighted by atomic mass is 10.0. The maximum Gasteiger partial charge on any atom is 0.409 e. The Balaban J connectivity index is 1.49. The van der Waals surface area contributed by atoms with E-state index in [4.69, 9.17) is 9.15 Å². The molecule has 1 aromatic heterocycles. The Hall–Kier alpha value is -2.06. The third-order valence-electron chi connectivity index (χ3n) is 5.33. The van der Waals surface area contributed by atoms with Gasteiger partial charge in [0, 0.05) is 45.8 Å². The number of furan rings is 1. The highest BCUT2D eigenvalue weighted by Gasteiger charge is 2.30. The first kappa shape index (κ1) is 19.7. The highest BCUT2D eigenvalue weighted by molar-refractivity contribution is 5.91. The van der Waals surface area contributed by atoms with E-state index in [0.717, 1.165) is 58.0 Å². The third-order valence-corrected chi connectivity index (χ3v) is 5.33. The van der Waals surface area contributed by atoms with Crippen molar-refractivity contribution in [2.75, 3.05) is 52.9 Å². The zero-order valence-corrected chi connectivity index (χ0v) is 16.3. The maximum atomic E-state index is 11.8. The number of carbonyl (C=O) groups excluding carboxylic acids is 2. The Labute approximate surface area is 160 Å². The Bertz CT molecular complexity index is 639. The number of piperidine rings is 1. The molecule has 27 heavy (non-hydrogen) atoms. The van der Waals surface area contributed by atoms with Crippen LogP contribution < -0.4 is 5.32 Å². The van der Waals surface area contributed by atoms with Crippen LogP contribution in [0.3, 0.4) is 0 Å². The molecule has 2 amide bonds. The van der Waals surface area contributed by atoms with Gasteiger partial charge in [0.1, 0.15) is 5.76 Å². The molecule has 2 aliphatic rings. The predicted octanol–water partition coefficient (Wildman–Crippen LogP) is 1.38. The van der Waals surface area contributed by atoms with E-state index in [9.17, 15) is 9.59 Å². The van der Waals surface area contributed by atoms with Crippen molar-refractivity contribution >= 4 is 12.0 Å². The second kappa shape index (κ2) is 9.23. The summed E-state index contributed by atoms with van der Waals surface area (Å²) in [7, 11) is 1.60. The van der Waals surface area contributed by atoms with Crippen LogP contribution in [0.1, 0.15) is 36.1 Å². The third kappa shape index (κ3) is 5.01. The summed E-state index contributed by atoms with van der Waals surface area (Å²) in [6.45, 7) is 8.22. The fourth-order valence-electron chi connectivity index (χ4n) is 3.89. The van der Waals surface area contributed by atoms with Gasteiger partial charge in [-0.1, -0.05) is 0 Å². The van der Waals surface area contributed by atoms with Gasteiger partial charge in [0.2, 0.25) is 0 Å². The largest absolute Gasteiger partial charge is 0.455 e. The lowest BCUT2D eigenvalue weighted by Gasteiger charge is -2.43. The lowest BCUT2D eigenvalue weighted by Crippen LogP contribution is -2.55. The molecule has 2 saturated heterocycles. The van der Waals surface area contributed by atoms with E-state index < -0.39 is 0 Å². The van der Waals surface area contributed by atoms with Gasteiger partial charge in [-0.15, -0.1) is 0 Å². The van der Waals surface area contributed by atoms with Crippen LogP contribution in [-0.2, 0) is 11.3 Å². The summed E-state index contributed by atoms with van der Waals surface area (Å²) < 4.78 is 10.8. The quantitative estimate of drug-likeness (QED) is 0.834. The first-order chi connectivity index (χ1) is 13.1. The van der Waals surface area contributed by atoms with E-state index in [0.29, 0.717) is 18.4 Å². The molecule has 2 fully saturated rings. The number of carbonyl (C=O) groups is 2. The number of amides is 2. The van der Waals surface area contributed by atoms with Crippen LogP contribution in [0.25, 0.3) is 0 Å². The number of rotatable bonds is 5. The smallest absolute Gasteiger partial charge is 0.409 e. The van der Waals surface area contributed by atoms with Crippen LogP contribution in [0, 0.1) is 0 Å². The van der Waals surface area contributed by atoms with Crippen LogP contribution in [0.5, 0.6) is 0 Å². The summed E-state index contributed by atoms with van der Waals surface area (Å²) in [5, 5.41) is 2.58. The molecule has 3 heterocycles. The molecule has 2 aliphatic heterocycles. The Morgan fingerprint density at radius 2 is 2.00 bits per heavy atom. The normalized spacial score (nSPS) is 21.9. The minimum absolute atomic E-state index is 0.197. The van der Waals surface area contributed by atoms with Gasteiger partial charge in [0.15, 0.2) is 5.76 Å². The number of nitrogens with one attached hydrogen (secondary N) is 1. The van der Waals surface area contributed by atoms with Crippen molar-refractivity contribution in [3.8, 4) is 0 Å². The van der Waals surface area contributed by atoms with Crippen LogP contribution in [0.4, 0.5) is 4.79 Å². The van der Waals surface area contributed by atoms with E-state index in [1.807, 2.05) is 13.0 Å². The summed E-state index contributed by atoms with van der Waals surface area (Å²) in [6.07, 6.45) is 2.12. The molecule has 1 unspecified atom stereocenters. The summed E-state index contributed by atoms with van der Waals surface area (Å²) in [5.74, 6) is 0.981. The molecular formula is C19H30N4O4. The van der Waals surface area contributed by atoms with Gasteiger partial charge in [0.25, 0.3) is 5.91 Å². The zero-order valence-electron chi connectivity index (χ0n) is 16.3. The lowest BCUT2D eigenvalue weighted by molar-refractivity contribution is 0.0398. The minimum atomic E-state index is -0.202. The van der Waals surface area contributed by atoms with Crippen molar-refractivity contribution < 1.29 is 18.7 Å². The van der Waals surface area contributed by atoms with Gasteiger partial charge in [-0.05, 0) is 38.4 Å². The van der Waals surface area contributed by atoms with Gasteiger partial charge in [-0.2, -0.15) is 0 Å². The molecule has 0 aliphatic carbocycles. The van der Waals surface area contributed by atoms with Crippen molar-refractivity contribution in [2.24, 2.45) is 0 Å². The SMILES string of the molecule is CCOC(=O)N1CCN(C2CCCN(Cc3ccc(C(=O)NC)o3)C2)CC1. The molecule has 0 saturated carbocycles. The van der Waals surface area contributed by atoms with Crippen molar-refractivity contribution in [3.63, 3.8) is 0 Å². The van der Waals surface area contributed by atoms with Crippen LogP contribution in [-0.4, -0.2) is 85.7 Å². The first-order valence-electron chi connectivity index (χ1n) is 9.79. The van der Waals surface area contributed by atoms with Crippen molar-refractivity contribution in [3.05, 3.63) is 23.7 Å². The average Bonchev–Trinajstić information content (AvgIpc) is 3.16. The molecule has 0 radical (unpaired) electrons. The second-order valence-electron chi connectivity index (χ2n) is 7.10. The van der Waals surface area contributed by atoms with Gasteiger partial charge in [-0.3, -0.25) is 14.6 Å². The van der Waals surface area contributed by atoms with Gasteiger partial charge in [-0.25, -0.2) is 4.79 Å². The molecule has 1 aromatic rings. The second-order valence-corrected chi connectivity index (χ2v) is 7.10. The zero-order chi connectivity index (χ0) is 19.2. The van der Waals surface area contributed by atoms with Crippen LogP contribution in [0.15, 0.2) is 16.5 Å². The summed E-state index contributed by atoms with van der Waals surface area (Å²) >= 11 is 0. The molecular weight excluding hydrogens is 348 g/mol. The summed E-state index contributed by atoms with van der Waals surface area (Å²) in [5.41, 5.74) is 0. The molecule has 1 atom stereocenters. The fraction of sp³-hybridized carbons (Fsp3) is 0.684. The van der Waals surface area contributed by atoms with E-state index in [1.165, 1.54) is 6.42 Å². The number of hydrogen-bond acceptors (Lipinski definition) is 6.